The third kappa shape index (κ3) is 6.16. The smallest absolute Gasteiger partial charge is 0.412 e. The lowest BCUT2D eigenvalue weighted by Gasteiger charge is -2.39. The van der Waals surface area contributed by atoms with Gasteiger partial charge in [0.1, 0.15) is 36.0 Å². The summed E-state index contributed by atoms with van der Waals surface area (Å²) in [6.45, 7) is 10.9. The van der Waals surface area contributed by atoms with Crippen molar-refractivity contribution in [3.8, 4) is 5.75 Å². The van der Waals surface area contributed by atoms with E-state index in [0.29, 0.717) is 5.56 Å². The number of nitrogens with zero attached hydrogens (tertiary/aromatic N) is 2. The number of carbonyl (C=O) groups excluding carboxylic acids is 2. The van der Waals surface area contributed by atoms with Crippen LogP contribution in [0.3, 0.4) is 0 Å². The second-order valence-electron chi connectivity index (χ2n) is 11.3. The molecule has 2 aromatic carbocycles. The van der Waals surface area contributed by atoms with E-state index in [9.17, 15) is 14.7 Å². The molecular formula is C28H37FN2O5. The number of hydrogen-bond donors (Lipinski definition) is 1. The highest BCUT2D eigenvalue weighted by Gasteiger charge is 2.52. The molecular weight excluding hydrogens is 463 g/mol. The maximum Gasteiger partial charge on any atom is 0.412 e. The van der Waals surface area contributed by atoms with Crippen LogP contribution >= 0.6 is 0 Å². The van der Waals surface area contributed by atoms with E-state index in [4.69, 9.17) is 9.47 Å². The van der Waals surface area contributed by atoms with Gasteiger partial charge in [-0.1, -0.05) is 51.1 Å². The molecule has 36 heavy (non-hydrogen) atoms. The molecule has 196 valence electrons. The minimum absolute atomic E-state index is 0.0627. The van der Waals surface area contributed by atoms with Crippen LogP contribution in [0.2, 0.25) is 0 Å². The Morgan fingerprint density at radius 1 is 1.06 bits per heavy atom. The lowest BCUT2D eigenvalue weighted by atomic mass is 9.91. The van der Waals surface area contributed by atoms with Crippen LogP contribution in [0.15, 0.2) is 42.5 Å². The molecule has 3 rings (SSSR count). The zero-order chi connectivity index (χ0) is 26.8. The average molecular weight is 501 g/mol. The predicted molar refractivity (Wildman–Crippen MR) is 135 cm³/mol. The fraction of sp³-hybridized carbons (Fsp3) is 0.500. The van der Waals surface area contributed by atoms with Gasteiger partial charge in [-0.3, -0.25) is 9.69 Å². The predicted octanol–water partition coefficient (Wildman–Crippen LogP) is 4.89. The molecule has 8 heteroatoms. The monoisotopic (exact) mass is 500 g/mol. The number of ether oxygens (including phenoxy) is 2. The maximum atomic E-state index is 15.3. The fourth-order valence-electron chi connectivity index (χ4n) is 4.57. The van der Waals surface area contributed by atoms with E-state index in [1.165, 1.54) is 21.9 Å². The van der Waals surface area contributed by atoms with Crippen molar-refractivity contribution in [2.24, 2.45) is 5.41 Å². The van der Waals surface area contributed by atoms with Crippen LogP contribution in [0.4, 0.5) is 9.18 Å². The molecule has 2 unspecified atom stereocenters. The molecule has 1 aliphatic heterocycles. The third-order valence-corrected chi connectivity index (χ3v) is 6.03. The Morgan fingerprint density at radius 3 is 2.25 bits per heavy atom. The molecule has 2 atom stereocenters. The number of amides is 2. The van der Waals surface area contributed by atoms with Gasteiger partial charge >= 0.3 is 6.09 Å². The minimum atomic E-state index is -0.953. The van der Waals surface area contributed by atoms with Crippen LogP contribution < -0.4 is 4.74 Å². The van der Waals surface area contributed by atoms with Gasteiger partial charge in [-0.15, -0.1) is 0 Å². The quantitative estimate of drug-likeness (QED) is 0.611. The number of rotatable bonds is 6. The number of carbonyl (C=O) groups is 2. The van der Waals surface area contributed by atoms with Gasteiger partial charge in [0.05, 0.1) is 6.61 Å². The Balaban J connectivity index is 1.92. The van der Waals surface area contributed by atoms with Crippen LogP contribution in [0.25, 0.3) is 0 Å². The Bertz CT molecular complexity index is 1090. The first kappa shape index (κ1) is 27.5. The van der Waals surface area contributed by atoms with E-state index in [2.05, 4.69) is 0 Å². The first-order chi connectivity index (χ1) is 16.7. The number of hydrogen-bond acceptors (Lipinski definition) is 5. The highest BCUT2D eigenvalue weighted by atomic mass is 19.1. The van der Waals surface area contributed by atoms with E-state index >= 15 is 4.39 Å². The summed E-state index contributed by atoms with van der Waals surface area (Å²) in [6.07, 6.45) is -1.26. The van der Waals surface area contributed by atoms with E-state index in [-0.39, 0.29) is 36.9 Å². The summed E-state index contributed by atoms with van der Waals surface area (Å²) >= 11 is 0. The van der Waals surface area contributed by atoms with Gasteiger partial charge in [0, 0.05) is 30.5 Å². The summed E-state index contributed by atoms with van der Waals surface area (Å²) < 4.78 is 26.7. The van der Waals surface area contributed by atoms with Crippen LogP contribution in [0, 0.1) is 11.2 Å². The molecule has 7 nitrogen and oxygen atoms in total. The maximum absolute atomic E-state index is 15.3. The molecule has 1 aliphatic rings. The van der Waals surface area contributed by atoms with Crippen molar-refractivity contribution in [3.63, 3.8) is 0 Å². The van der Waals surface area contributed by atoms with Gasteiger partial charge in [-0.25, -0.2) is 9.18 Å². The molecule has 0 radical (unpaired) electrons. The van der Waals surface area contributed by atoms with E-state index in [1.807, 2.05) is 51.1 Å². The van der Waals surface area contributed by atoms with Gasteiger partial charge in [-0.2, -0.15) is 0 Å². The van der Waals surface area contributed by atoms with Crippen molar-refractivity contribution in [2.45, 2.75) is 79.0 Å². The Kier molecular flexibility index (Phi) is 7.98. The normalized spacial score (nSPS) is 18.5. The highest BCUT2D eigenvalue weighted by molar-refractivity contribution is 5.89. The molecule has 0 aromatic heterocycles. The summed E-state index contributed by atoms with van der Waals surface area (Å²) in [7, 11) is 1.64. The van der Waals surface area contributed by atoms with Crippen molar-refractivity contribution in [1.82, 2.24) is 9.80 Å². The summed E-state index contributed by atoms with van der Waals surface area (Å²) in [4.78, 5) is 29.5. The largest absolute Gasteiger partial charge is 0.488 e. The second kappa shape index (κ2) is 10.5. The second-order valence-corrected chi connectivity index (χ2v) is 11.3. The summed E-state index contributed by atoms with van der Waals surface area (Å²) in [5.41, 5.74) is 0.284. The Hall–Kier alpha value is -3.13. The van der Waals surface area contributed by atoms with Crippen molar-refractivity contribution < 1.29 is 28.6 Å². The molecule has 1 fully saturated rings. The summed E-state index contributed by atoms with van der Waals surface area (Å²) in [5.74, 6) is -0.641. The van der Waals surface area contributed by atoms with E-state index in [0.717, 1.165) is 5.56 Å². The standard InChI is InChI=1S/C28H37FN2O5/c1-27(2,3)25-30(7)24(33)22(31(25)26(34)36-28(4,5)6)14-19-13-20(16-32)23(15-21(19)29)35-17-18-11-9-8-10-12-18/h8-13,15,22,25,32H,14,16-17H2,1-7H3. The fourth-order valence-corrected chi connectivity index (χ4v) is 4.57. The van der Waals surface area contributed by atoms with Gasteiger partial charge in [0.15, 0.2) is 0 Å². The Morgan fingerprint density at radius 2 is 1.69 bits per heavy atom. The summed E-state index contributed by atoms with van der Waals surface area (Å²) in [6, 6.07) is 11.2. The lowest BCUT2D eigenvalue weighted by Crippen LogP contribution is -2.52. The number of aliphatic hydroxyl groups excluding tert-OH is 1. The minimum Gasteiger partial charge on any atom is -0.488 e. The zero-order valence-corrected chi connectivity index (χ0v) is 22.2. The molecule has 0 bridgehead atoms. The van der Waals surface area contributed by atoms with E-state index < -0.39 is 35.1 Å². The first-order valence-electron chi connectivity index (χ1n) is 12.1. The van der Waals surface area contributed by atoms with Gasteiger partial charge in [0.25, 0.3) is 0 Å². The molecule has 0 spiro atoms. The number of halogens is 1. The highest BCUT2D eigenvalue weighted by Crippen LogP contribution is 2.37. The first-order valence-corrected chi connectivity index (χ1v) is 12.1. The number of likely N-dealkylation sites (N-methyl/N-ethyl adjacent to an activating group) is 1. The van der Waals surface area contributed by atoms with Gasteiger partial charge in [-0.05, 0) is 38.0 Å². The van der Waals surface area contributed by atoms with Gasteiger partial charge in [0.2, 0.25) is 5.91 Å². The molecule has 1 N–H and O–H groups in total. The molecule has 2 amide bonds. The van der Waals surface area contributed by atoms with Crippen LogP contribution in [-0.4, -0.2) is 51.8 Å². The molecule has 0 aliphatic carbocycles. The van der Waals surface area contributed by atoms with E-state index in [1.54, 1.807) is 27.8 Å². The zero-order valence-electron chi connectivity index (χ0n) is 22.2. The van der Waals surface area contributed by atoms with Gasteiger partial charge < -0.3 is 19.5 Å². The average Bonchev–Trinajstić information content (AvgIpc) is 3.04. The van der Waals surface area contributed by atoms with Crippen molar-refractivity contribution in [1.29, 1.82) is 0 Å². The SMILES string of the molecule is CN1C(=O)C(Cc2cc(CO)c(OCc3ccccc3)cc2F)N(C(=O)OC(C)(C)C)C1C(C)(C)C. The molecule has 1 saturated heterocycles. The summed E-state index contributed by atoms with van der Waals surface area (Å²) in [5, 5.41) is 9.94. The third-order valence-electron chi connectivity index (χ3n) is 6.03. The topological polar surface area (TPSA) is 79.3 Å². The van der Waals surface area contributed by atoms with Crippen LogP contribution in [-0.2, 0) is 29.2 Å². The van der Waals surface area contributed by atoms with Crippen molar-refractivity contribution in [3.05, 3.63) is 65.0 Å². The number of aliphatic hydroxyl groups is 1. The molecule has 1 heterocycles. The molecule has 0 saturated carbocycles. The van der Waals surface area contributed by atoms with Crippen LogP contribution in [0.1, 0.15) is 58.2 Å². The van der Waals surface area contributed by atoms with Crippen molar-refractivity contribution in [2.75, 3.05) is 7.05 Å². The number of benzene rings is 2. The Labute approximate surface area is 212 Å². The van der Waals surface area contributed by atoms with Crippen LogP contribution in [0.5, 0.6) is 5.75 Å². The van der Waals surface area contributed by atoms with Crippen molar-refractivity contribution >= 4 is 12.0 Å². The molecule has 2 aromatic rings. The lowest BCUT2D eigenvalue weighted by molar-refractivity contribution is -0.129.